The summed E-state index contributed by atoms with van der Waals surface area (Å²) in [5.41, 5.74) is 0.817. The molecular formula is C15H17NO4S. The summed E-state index contributed by atoms with van der Waals surface area (Å²) < 4.78 is 28.9. The quantitative estimate of drug-likeness (QED) is 0.920. The second-order valence-electron chi connectivity index (χ2n) is 4.90. The second-order valence-corrected chi connectivity index (χ2v) is 7.40. The fraction of sp³-hybridized carbons (Fsp3) is 0.267. The summed E-state index contributed by atoms with van der Waals surface area (Å²) in [5.74, 6) is -0.0621. The molecule has 1 N–H and O–H groups in total. The zero-order chi connectivity index (χ0) is 15.5. The van der Waals surface area contributed by atoms with E-state index in [0.29, 0.717) is 11.4 Å². The number of sulfone groups is 1. The molecule has 1 heterocycles. The lowest BCUT2D eigenvalue weighted by Crippen LogP contribution is -2.22. The molecule has 0 unspecified atom stereocenters. The summed E-state index contributed by atoms with van der Waals surface area (Å²) in [4.78, 5) is 12.0. The SMILES string of the molecule is CC(C)S(=O)(=O)c1ccc(CNC(=O)c2ccco2)cc1. The summed E-state index contributed by atoms with van der Waals surface area (Å²) >= 11 is 0. The highest BCUT2D eigenvalue weighted by atomic mass is 32.2. The van der Waals surface area contributed by atoms with E-state index in [1.807, 2.05) is 0 Å². The Kier molecular flexibility index (Phi) is 4.47. The van der Waals surface area contributed by atoms with Gasteiger partial charge in [0.05, 0.1) is 16.4 Å². The lowest BCUT2D eigenvalue weighted by atomic mass is 10.2. The maximum absolute atomic E-state index is 12.0. The summed E-state index contributed by atoms with van der Waals surface area (Å²) in [6, 6.07) is 9.72. The molecule has 0 aliphatic heterocycles. The molecule has 0 aliphatic carbocycles. The van der Waals surface area contributed by atoms with Gasteiger partial charge in [-0.05, 0) is 43.7 Å². The smallest absolute Gasteiger partial charge is 0.287 e. The first-order valence-electron chi connectivity index (χ1n) is 6.56. The van der Waals surface area contributed by atoms with Crippen molar-refractivity contribution in [3.8, 4) is 0 Å². The third-order valence-electron chi connectivity index (χ3n) is 3.07. The van der Waals surface area contributed by atoms with Crippen molar-refractivity contribution >= 4 is 15.7 Å². The van der Waals surface area contributed by atoms with Gasteiger partial charge in [0.15, 0.2) is 15.6 Å². The van der Waals surface area contributed by atoms with Crippen molar-refractivity contribution in [3.63, 3.8) is 0 Å². The zero-order valence-electron chi connectivity index (χ0n) is 11.9. The van der Waals surface area contributed by atoms with Gasteiger partial charge in [-0.15, -0.1) is 0 Å². The Balaban J connectivity index is 2.02. The summed E-state index contributed by atoms with van der Waals surface area (Å²) in [7, 11) is -3.26. The first kappa shape index (κ1) is 15.3. The average Bonchev–Trinajstić information content (AvgIpc) is 2.99. The Hall–Kier alpha value is -2.08. The van der Waals surface area contributed by atoms with Crippen LogP contribution in [0.1, 0.15) is 30.0 Å². The van der Waals surface area contributed by atoms with Crippen LogP contribution in [0.15, 0.2) is 52.0 Å². The lowest BCUT2D eigenvalue weighted by Gasteiger charge is -2.09. The highest BCUT2D eigenvalue weighted by Gasteiger charge is 2.18. The van der Waals surface area contributed by atoms with Gasteiger partial charge < -0.3 is 9.73 Å². The fourth-order valence-electron chi connectivity index (χ4n) is 1.75. The molecule has 0 aliphatic rings. The molecule has 1 aromatic carbocycles. The van der Waals surface area contributed by atoms with E-state index in [0.717, 1.165) is 5.56 Å². The van der Waals surface area contributed by atoms with Crippen LogP contribution in [-0.2, 0) is 16.4 Å². The van der Waals surface area contributed by atoms with E-state index in [2.05, 4.69) is 5.32 Å². The molecule has 5 nitrogen and oxygen atoms in total. The molecule has 0 spiro atoms. The van der Waals surface area contributed by atoms with Gasteiger partial charge in [-0.25, -0.2) is 8.42 Å². The van der Waals surface area contributed by atoms with Crippen LogP contribution in [0, 0.1) is 0 Å². The topological polar surface area (TPSA) is 76.4 Å². The fourth-order valence-corrected chi connectivity index (χ4v) is 2.81. The minimum atomic E-state index is -3.26. The molecule has 0 fully saturated rings. The molecule has 1 amide bonds. The van der Waals surface area contributed by atoms with Crippen LogP contribution in [0.2, 0.25) is 0 Å². The van der Waals surface area contributed by atoms with E-state index in [-0.39, 0.29) is 11.7 Å². The van der Waals surface area contributed by atoms with E-state index in [1.54, 1.807) is 50.2 Å². The summed E-state index contributed by atoms with van der Waals surface area (Å²) in [6.07, 6.45) is 1.43. The van der Waals surface area contributed by atoms with E-state index < -0.39 is 15.1 Å². The Morgan fingerprint density at radius 1 is 1.19 bits per heavy atom. The molecule has 0 bridgehead atoms. The van der Waals surface area contributed by atoms with Crippen molar-refractivity contribution in [2.45, 2.75) is 30.5 Å². The molecule has 112 valence electrons. The Morgan fingerprint density at radius 2 is 1.86 bits per heavy atom. The van der Waals surface area contributed by atoms with E-state index in [1.165, 1.54) is 6.26 Å². The number of furan rings is 1. The molecule has 0 atom stereocenters. The molecule has 2 rings (SSSR count). The number of benzene rings is 1. The van der Waals surface area contributed by atoms with Crippen LogP contribution in [0.25, 0.3) is 0 Å². The van der Waals surface area contributed by atoms with Crippen molar-refractivity contribution in [3.05, 3.63) is 54.0 Å². The predicted molar refractivity (Wildman–Crippen MR) is 78.6 cm³/mol. The van der Waals surface area contributed by atoms with Crippen LogP contribution in [0.3, 0.4) is 0 Å². The van der Waals surface area contributed by atoms with Crippen molar-refractivity contribution in [1.29, 1.82) is 0 Å². The zero-order valence-corrected chi connectivity index (χ0v) is 12.7. The summed E-state index contributed by atoms with van der Waals surface area (Å²) in [6.45, 7) is 3.60. The van der Waals surface area contributed by atoms with Gasteiger partial charge in [-0.2, -0.15) is 0 Å². The number of hydrogen-bond acceptors (Lipinski definition) is 4. The van der Waals surface area contributed by atoms with Gasteiger partial charge in [0.2, 0.25) is 0 Å². The Morgan fingerprint density at radius 3 is 2.38 bits per heavy atom. The minimum Gasteiger partial charge on any atom is -0.459 e. The van der Waals surface area contributed by atoms with Crippen molar-refractivity contribution in [1.82, 2.24) is 5.32 Å². The molecule has 2 aromatic rings. The van der Waals surface area contributed by atoms with E-state index >= 15 is 0 Å². The third kappa shape index (κ3) is 3.52. The van der Waals surface area contributed by atoms with Crippen LogP contribution in [0.4, 0.5) is 0 Å². The maximum atomic E-state index is 12.0. The van der Waals surface area contributed by atoms with E-state index in [4.69, 9.17) is 4.42 Å². The first-order chi connectivity index (χ1) is 9.91. The molecule has 21 heavy (non-hydrogen) atoms. The number of carbonyl (C=O) groups excluding carboxylic acids is 1. The standard InChI is InChI=1S/C15H17NO4S/c1-11(2)21(18,19)13-7-5-12(6-8-13)10-16-15(17)14-4-3-9-20-14/h3-9,11H,10H2,1-2H3,(H,16,17). The molecule has 0 saturated carbocycles. The van der Waals surface area contributed by atoms with Crippen molar-refractivity contribution in [2.75, 3.05) is 0 Å². The van der Waals surface area contributed by atoms with Gasteiger partial charge in [-0.3, -0.25) is 4.79 Å². The Bertz CT molecular complexity index is 701. The van der Waals surface area contributed by atoms with Crippen LogP contribution < -0.4 is 5.32 Å². The first-order valence-corrected chi connectivity index (χ1v) is 8.10. The van der Waals surface area contributed by atoms with Crippen LogP contribution in [0.5, 0.6) is 0 Å². The van der Waals surface area contributed by atoms with Crippen molar-refractivity contribution in [2.24, 2.45) is 0 Å². The second kappa shape index (κ2) is 6.13. The average molecular weight is 307 g/mol. The lowest BCUT2D eigenvalue weighted by molar-refractivity contribution is 0.0923. The number of hydrogen-bond donors (Lipinski definition) is 1. The molecule has 0 saturated heterocycles. The maximum Gasteiger partial charge on any atom is 0.287 e. The minimum absolute atomic E-state index is 0.244. The monoisotopic (exact) mass is 307 g/mol. The summed E-state index contributed by atoms with van der Waals surface area (Å²) in [5, 5.41) is 2.24. The van der Waals surface area contributed by atoms with Gasteiger partial charge >= 0.3 is 0 Å². The van der Waals surface area contributed by atoms with E-state index in [9.17, 15) is 13.2 Å². The van der Waals surface area contributed by atoms with Crippen LogP contribution >= 0.6 is 0 Å². The molecular weight excluding hydrogens is 290 g/mol. The van der Waals surface area contributed by atoms with Gasteiger partial charge in [0.1, 0.15) is 0 Å². The van der Waals surface area contributed by atoms with Crippen molar-refractivity contribution < 1.29 is 17.6 Å². The highest BCUT2D eigenvalue weighted by Crippen LogP contribution is 2.16. The predicted octanol–water partition coefficient (Wildman–Crippen LogP) is 2.39. The normalized spacial score (nSPS) is 11.6. The molecule has 1 aromatic heterocycles. The van der Waals surface area contributed by atoms with Crippen LogP contribution in [-0.4, -0.2) is 19.6 Å². The number of nitrogens with one attached hydrogen (secondary N) is 1. The Labute approximate surface area is 123 Å². The largest absolute Gasteiger partial charge is 0.459 e. The number of amides is 1. The third-order valence-corrected chi connectivity index (χ3v) is 5.24. The van der Waals surface area contributed by atoms with Gasteiger partial charge in [-0.1, -0.05) is 12.1 Å². The molecule has 0 radical (unpaired) electrons. The number of carbonyl (C=O) groups is 1. The number of rotatable bonds is 5. The van der Waals surface area contributed by atoms with Gasteiger partial charge in [0.25, 0.3) is 5.91 Å². The van der Waals surface area contributed by atoms with Gasteiger partial charge in [0, 0.05) is 6.54 Å². The highest BCUT2D eigenvalue weighted by molar-refractivity contribution is 7.92. The molecule has 6 heteroatoms.